The zero-order chi connectivity index (χ0) is 17.1. The number of aromatic carboxylic acids is 1. The predicted molar refractivity (Wildman–Crippen MR) is 86.2 cm³/mol. The van der Waals surface area contributed by atoms with Gasteiger partial charge in [-0.1, -0.05) is 29.8 Å². The molecular weight excluding hydrogens is 334 g/mol. The molecule has 24 heavy (non-hydrogen) atoms. The number of halogens is 1. The van der Waals surface area contributed by atoms with Gasteiger partial charge in [0.25, 0.3) is 5.91 Å². The Kier molecular flexibility index (Phi) is 4.82. The Labute approximate surface area is 143 Å². The van der Waals surface area contributed by atoms with Crippen molar-refractivity contribution in [3.8, 4) is 0 Å². The van der Waals surface area contributed by atoms with E-state index in [-0.39, 0.29) is 23.4 Å². The van der Waals surface area contributed by atoms with Crippen LogP contribution < -0.4 is 0 Å². The third-order valence-electron chi connectivity index (χ3n) is 3.84. The minimum atomic E-state index is -1.16. The Bertz CT molecular complexity index is 761. The number of carbonyl (C=O) groups is 2. The predicted octanol–water partition coefficient (Wildman–Crippen LogP) is 2.37. The fraction of sp³-hybridized carbons (Fsp3) is 0.312. The summed E-state index contributed by atoms with van der Waals surface area (Å²) >= 11 is 6.23. The van der Waals surface area contributed by atoms with Gasteiger partial charge in [0.05, 0.1) is 6.54 Å². The third-order valence-corrected chi connectivity index (χ3v) is 4.19. The largest absolute Gasteiger partial charge is 0.477 e. The molecule has 0 saturated carbocycles. The molecule has 1 fully saturated rings. The van der Waals surface area contributed by atoms with Crippen LogP contribution in [-0.4, -0.2) is 51.8 Å². The van der Waals surface area contributed by atoms with Crippen LogP contribution in [0, 0.1) is 0 Å². The number of H-pyrrole nitrogens is 1. The van der Waals surface area contributed by atoms with Crippen molar-refractivity contribution in [3.63, 3.8) is 0 Å². The van der Waals surface area contributed by atoms with Crippen molar-refractivity contribution in [3.05, 3.63) is 52.3 Å². The molecule has 1 aliphatic rings. The molecular formula is C16H16ClN3O4. The van der Waals surface area contributed by atoms with Gasteiger partial charge in [-0.05, 0) is 12.5 Å². The Morgan fingerprint density at radius 3 is 2.88 bits per heavy atom. The number of aromatic nitrogens is 2. The summed E-state index contributed by atoms with van der Waals surface area (Å²) in [6, 6.07) is 8.60. The highest BCUT2D eigenvalue weighted by molar-refractivity contribution is 6.31. The maximum Gasteiger partial charge on any atom is 0.353 e. The molecule has 0 spiro atoms. The average Bonchev–Trinajstić information content (AvgIpc) is 2.94. The van der Waals surface area contributed by atoms with Gasteiger partial charge < -0.3 is 14.7 Å². The maximum absolute atomic E-state index is 12.6. The van der Waals surface area contributed by atoms with Gasteiger partial charge in [-0.25, -0.2) is 4.79 Å². The topological polar surface area (TPSA) is 95.5 Å². The molecule has 0 aliphatic carbocycles. The molecule has 8 heteroatoms. The quantitative estimate of drug-likeness (QED) is 0.886. The van der Waals surface area contributed by atoms with Crippen LogP contribution in [0.3, 0.4) is 0 Å². The van der Waals surface area contributed by atoms with Gasteiger partial charge in [-0.3, -0.25) is 9.89 Å². The summed E-state index contributed by atoms with van der Waals surface area (Å²) in [4.78, 5) is 25.1. The highest BCUT2D eigenvalue weighted by Crippen LogP contribution is 2.28. The van der Waals surface area contributed by atoms with Crippen LogP contribution in [0.25, 0.3) is 0 Å². The van der Waals surface area contributed by atoms with Gasteiger partial charge >= 0.3 is 5.97 Å². The van der Waals surface area contributed by atoms with Gasteiger partial charge in [0.2, 0.25) is 0 Å². The van der Waals surface area contributed by atoms with Crippen LogP contribution in [0.4, 0.5) is 0 Å². The minimum Gasteiger partial charge on any atom is -0.477 e. The number of amides is 1. The van der Waals surface area contributed by atoms with E-state index in [0.29, 0.717) is 31.1 Å². The van der Waals surface area contributed by atoms with Crippen LogP contribution in [0.5, 0.6) is 0 Å². The lowest BCUT2D eigenvalue weighted by Crippen LogP contribution is -2.34. The summed E-state index contributed by atoms with van der Waals surface area (Å²) in [6.07, 6.45) is 0.353. The van der Waals surface area contributed by atoms with Crippen LogP contribution >= 0.6 is 11.6 Å². The van der Waals surface area contributed by atoms with Gasteiger partial charge in [-0.2, -0.15) is 5.10 Å². The first-order valence-corrected chi connectivity index (χ1v) is 7.88. The van der Waals surface area contributed by atoms with Crippen molar-refractivity contribution in [2.24, 2.45) is 0 Å². The lowest BCUT2D eigenvalue weighted by Gasteiger charge is -2.24. The lowest BCUT2D eigenvalue weighted by molar-refractivity contribution is 0.0470. The number of ether oxygens (including phenoxy) is 1. The van der Waals surface area contributed by atoms with E-state index in [4.69, 9.17) is 21.4 Å². The molecule has 7 nitrogen and oxygen atoms in total. The van der Waals surface area contributed by atoms with Crippen molar-refractivity contribution in [2.75, 3.05) is 19.7 Å². The number of aromatic amines is 1. The number of carbonyl (C=O) groups excluding carboxylic acids is 1. The molecule has 1 aliphatic heterocycles. The normalized spacial score (nSPS) is 18.2. The molecule has 1 atom stereocenters. The highest BCUT2D eigenvalue weighted by Gasteiger charge is 2.27. The highest BCUT2D eigenvalue weighted by atomic mass is 35.5. The Hall–Kier alpha value is -2.38. The Morgan fingerprint density at radius 1 is 1.38 bits per heavy atom. The number of rotatable bonds is 3. The summed E-state index contributed by atoms with van der Waals surface area (Å²) in [7, 11) is 0. The van der Waals surface area contributed by atoms with Crippen molar-refractivity contribution in [2.45, 2.75) is 12.5 Å². The molecule has 0 radical (unpaired) electrons. The second-order valence-corrected chi connectivity index (χ2v) is 5.86. The molecule has 1 unspecified atom stereocenters. The smallest absolute Gasteiger partial charge is 0.353 e. The molecule has 2 heterocycles. The van der Waals surface area contributed by atoms with E-state index in [1.165, 1.54) is 6.07 Å². The monoisotopic (exact) mass is 349 g/mol. The fourth-order valence-corrected chi connectivity index (χ4v) is 2.89. The van der Waals surface area contributed by atoms with Crippen LogP contribution in [0.1, 0.15) is 39.1 Å². The number of carboxylic acid groups (broad SMARTS) is 1. The maximum atomic E-state index is 12.6. The summed E-state index contributed by atoms with van der Waals surface area (Å²) in [5.74, 6) is -1.49. The number of benzene rings is 1. The number of hydrogen-bond acceptors (Lipinski definition) is 4. The molecule has 1 aromatic heterocycles. The number of nitrogens with zero attached hydrogens (tertiary/aromatic N) is 2. The van der Waals surface area contributed by atoms with Crippen LogP contribution in [0.2, 0.25) is 5.02 Å². The summed E-state index contributed by atoms with van der Waals surface area (Å²) in [5, 5.41) is 15.7. The standard InChI is InChI=1S/C16H16ClN3O4/c17-11-5-2-1-4-10(11)14-9-20(6-3-7-24-14)15(21)12-8-13(16(22)23)19-18-12/h1-2,4-5,8,14H,3,6-7,9H2,(H,18,19)(H,22,23). The van der Waals surface area contributed by atoms with E-state index in [2.05, 4.69) is 10.2 Å². The van der Waals surface area contributed by atoms with Crippen molar-refractivity contribution in [1.82, 2.24) is 15.1 Å². The summed E-state index contributed by atoms with van der Waals surface area (Å²) in [6.45, 7) is 1.35. The zero-order valence-corrected chi connectivity index (χ0v) is 13.5. The number of hydrogen-bond donors (Lipinski definition) is 2. The molecule has 2 aromatic rings. The van der Waals surface area contributed by atoms with Crippen molar-refractivity contribution >= 4 is 23.5 Å². The van der Waals surface area contributed by atoms with E-state index in [9.17, 15) is 9.59 Å². The molecule has 1 amide bonds. The second kappa shape index (κ2) is 7.02. The molecule has 2 N–H and O–H groups in total. The van der Waals surface area contributed by atoms with Crippen LogP contribution in [0.15, 0.2) is 30.3 Å². The molecule has 1 saturated heterocycles. The van der Waals surface area contributed by atoms with Gasteiger partial charge in [0.1, 0.15) is 11.8 Å². The number of nitrogens with one attached hydrogen (secondary N) is 1. The zero-order valence-electron chi connectivity index (χ0n) is 12.7. The Balaban J connectivity index is 1.80. The lowest BCUT2D eigenvalue weighted by atomic mass is 10.1. The van der Waals surface area contributed by atoms with E-state index in [1.54, 1.807) is 11.0 Å². The first-order chi connectivity index (χ1) is 11.6. The summed E-state index contributed by atoms with van der Waals surface area (Å²) < 4.78 is 5.83. The van der Waals surface area contributed by atoms with Gasteiger partial charge in [0.15, 0.2) is 5.69 Å². The van der Waals surface area contributed by atoms with E-state index >= 15 is 0 Å². The van der Waals surface area contributed by atoms with Crippen molar-refractivity contribution in [1.29, 1.82) is 0 Å². The minimum absolute atomic E-state index is 0.0761. The third kappa shape index (κ3) is 3.42. The number of carboxylic acids is 1. The van der Waals surface area contributed by atoms with Crippen LogP contribution in [-0.2, 0) is 4.74 Å². The molecule has 0 bridgehead atoms. The SMILES string of the molecule is O=C(O)c1cc(C(=O)N2CCCOC(c3ccccc3Cl)C2)n[nH]1. The van der Waals surface area contributed by atoms with Gasteiger partial charge in [0, 0.05) is 29.8 Å². The Morgan fingerprint density at radius 2 is 2.17 bits per heavy atom. The first kappa shape index (κ1) is 16.5. The summed E-state index contributed by atoms with van der Waals surface area (Å²) in [5.41, 5.74) is 0.784. The molecule has 1 aromatic carbocycles. The molecule has 126 valence electrons. The van der Waals surface area contributed by atoms with Crippen molar-refractivity contribution < 1.29 is 19.4 Å². The second-order valence-electron chi connectivity index (χ2n) is 5.46. The van der Waals surface area contributed by atoms with Gasteiger partial charge in [-0.15, -0.1) is 0 Å². The fourth-order valence-electron chi connectivity index (χ4n) is 2.64. The van der Waals surface area contributed by atoms with E-state index in [1.807, 2.05) is 18.2 Å². The average molecular weight is 350 g/mol. The first-order valence-electron chi connectivity index (χ1n) is 7.50. The van der Waals surface area contributed by atoms with E-state index < -0.39 is 5.97 Å². The molecule has 3 rings (SSSR count). The van der Waals surface area contributed by atoms with E-state index in [0.717, 1.165) is 5.56 Å².